The van der Waals surface area contributed by atoms with Crippen LogP contribution in [0.2, 0.25) is 0 Å². The molecule has 0 saturated carbocycles. The van der Waals surface area contributed by atoms with Gasteiger partial charge in [0.25, 0.3) is 0 Å². The van der Waals surface area contributed by atoms with Crippen LogP contribution in [0, 0.1) is 5.41 Å². The summed E-state index contributed by atoms with van der Waals surface area (Å²) < 4.78 is 0. The van der Waals surface area contributed by atoms with Crippen LogP contribution >= 0.6 is 12.2 Å². The first-order valence-electron chi connectivity index (χ1n) is 5.20. The van der Waals surface area contributed by atoms with Gasteiger partial charge in [-0.15, -0.1) is 0 Å². The van der Waals surface area contributed by atoms with Crippen LogP contribution in [0.1, 0.15) is 12.5 Å². The summed E-state index contributed by atoms with van der Waals surface area (Å²) in [6, 6.07) is 7.88. The van der Waals surface area contributed by atoms with Gasteiger partial charge in [-0.2, -0.15) is 4.99 Å². The van der Waals surface area contributed by atoms with Crippen LogP contribution in [0.5, 0.6) is 0 Å². The summed E-state index contributed by atoms with van der Waals surface area (Å²) in [6.45, 7) is 3.27. The molecule has 4 heteroatoms. The Morgan fingerprint density at radius 3 is 2.25 bits per heavy atom. The van der Waals surface area contributed by atoms with Crippen LogP contribution in [0.4, 0.5) is 5.69 Å². The van der Waals surface area contributed by atoms with Crippen molar-refractivity contribution < 1.29 is 0 Å². The lowest BCUT2D eigenvalue weighted by Crippen LogP contribution is -2.37. The van der Waals surface area contributed by atoms with Gasteiger partial charge in [0.15, 0.2) is 0 Å². The molecule has 0 aliphatic heterocycles. The normalized spacial score (nSPS) is 10.9. The fraction of sp³-hybridized carbons (Fsp3) is 0.417. The van der Waals surface area contributed by atoms with Crippen LogP contribution in [-0.4, -0.2) is 18.3 Å². The molecule has 0 saturated heterocycles. The smallest absolute Gasteiger partial charge is 0.0739 e. The molecule has 0 radical (unpaired) electrons. The molecule has 0 spiro atoms. The lowest BCUT2D eigenvalue weighted by molar-refractivity contribution is 0.346. The van der Waals surface area contributed by atoms with Crippen molar-refractivity contribution in [3.05, 3.63) is 29.8 Å². The number of aliphatic imine (C=N–C) groups is 1. The Bertz CT molecular complexity index is 376. The van der Waals surface area contributed by atoms with Crippen molar-refractivity contribution in [2.75, 3.05) is 13.1 Å². The van der Waals surface area contributed by atoms with E-state index in [4.69, 9.17) is 11.5 Å². The van der Waals surface area contributed by atoms with E-state index in [0.717, 1.165) is 12.1 Å². The Kier molecular flexibility index (Phi) is 4.77. The Hall–Kier alpha value is -1.06. The maximum atomic E-state index is 5.72. The predicted molar refractivity (Wildman–Crippen MR) is 71.0 cm³/mol. The minimum atomic E-state index is -0.0328. The maximum Gasteiger partial charge on any atom is 0.0739 e. The quantitative estimate of drug-likeness (QED) is 0.605. The summed E-state index contributed by atoms with van der Waals surface area (Å²) in [5, 5.41) is 2.34. The second kappa shape index (κ2) is 5.87. The number of rotatable bonds is 5. The number of hydrogen-bond donors (Lipinski definition) is 2. The van der Waals surface area contributed by atoms with E-state index in [2.05, 4.69) is 29.3 Å². The second-order valence-corrected chi connectivity index (χ2v) is 4.45. The third kappa shape index (κ3) is 3.51. The standard InChI is InChI=1S/C12H17N3S/c1-12(7-13,8-14)6-10-2-4-11(5-3-10)15-9-16/h2-5H,6-8,13-14H2,1H3. The highest BCUT2D eigenvalue weighted by Crippen LogP contribution is 2.21. The Morgan fingerprint density at radius 2 is 1.81 bits per heavy atom. The summed E-state index contributed by atoms with van der Waals surface area (Å²) in [5.74, 6) is 0. The van der Waals surface area contributed by atoms with E-state index in [0.29, 0.717) is 13.1 Å². The number of nitrogens with two attached hydrogens (primary N) is 2. The number of thiocarbonyl (C=S) groups is 1. The first-order chi connectivity index (χ1) is 7.63. The fourth-order valence-electron chi connectivity index (χ4n) is 1.46. The number of isothiocyanates is 1. The van der Waals surface area contributed by atoms with Crippen molar-refractivity contribution in [1.29, 1.82) is 0 Å². The molecule has 1 rings (SSSR count). The zero-order valence-electron chi connectivity index (χ0n) is 9.44. The van der Waals surface area contributed by atoms with E-state index in [-0.39, 0.29) is 5.41 Å². The Balaban J connectivity index is 2.78. The molecule has 4 N–H and O–H groups in total. The van der Waals surface area contributed by atoms with Crippen molar-refractivity contribution in [2.24, 2.45) is 21.9 Å². The fourth-order valence-corrected chi connectivity index (χ4v) is 1.57. The lowest BCUT2D eigenvalue weighted by atomic mass is 9.84. The minimum absolute atomic E-state index is 0.0328. The molecule has 1 aromatic carbocycles. The van der Waals surface area contributed by atoms with Crippen LogP contribution in [0.3, 0.4) is 0 Å². The highest BCUT2D eigenvalue weighted by Gasteiger charge is 2.20. The SMILES string of the molecule is CC(CN)(CN)Cc1ccc(N=C=S)cc1. The average Bonchev–Trinajstić information content (AvgIpc) is 2.32. The molecule has 0 aliphatic carbocycles. The summed E-state index contributed by atoms with van der Waals surface area (Å²) in [4.78, 5) is 3.90. The maximum absolute atomic E-state index is 5.72. The molecule has 0 unspecified atom stereocenters. The van der Waals surface area contributed by atoms with Gasteiger partial charge in [0.2, 0.25) is 0 Å². The van der Waals surface area contributed by atoms with Crippen LogP contribution < -0.4 is 11.5 Å². The molecular weight excluding hydrogens is 218 g/mol. The molecule has 0 aromatic heterocycles. The molecule has 86 valence electrons. The van der Waals surface area contributed by atoms with E-state index in [1.165, 1.54) is 5.56 Å². The van der Waals surface area contributed by atoms with Crippen molar-refractivity contribution >= 4 is 23.1 Å². The van der Waals surface area contributed by atoms with Gasteiger partial charge in [0.05, 0.1) is 10.8 Å². The highest BCUT2D eigenvalue weighted by atomic mass is 32.1. The van der Waals surface area contributed by atoms with Gasteiger partial charge in [-0.3, -0.25) is 0 Å². The van der Waals surface area contributed by atoms with Gasteiger partial charge < -0.3 is 11.5 Å². The molecule has 0 aliphatic rings. The average molecular weight is 235 g/mol. The third-order valence-corrected chi connectivity index (χ3v) is 2.82. The van der Waals surface area contributed by atoms with Crippen molar-refractivity contribution in [3.8, 4) is 0 Å². The van der Waals surface area contributed by atoms with E-state index in [1.807, 2.05) is 24.3 Å². The summed E-state index contributed by atoms with van der Waals surface area (Å²) in [5.41, 5.74) is 13.4. The Labute approximate surface area is 102 Å². The molecule has 1 aromatic rings. The van der Waals surface area contributed by atoms with Crippen molar-refractivity contribution in [2.45, 2.75) is 13.3 Å². The molecule has 0 atom stereocenters. The summed E-state index contributed by atoms with van der Waals surface area (Å²) >= 11 is 4.54. The first-order valence-corrected chi connectivity index (χ1v) is 5.61. The van der Waals surface area contributed by atoms with Crippen LogP contribution in [-0.2, 0) is 6.42 Å². The minimum Gasteiger partial charge on any atom is -0.330 e. The molecule has 16 heavy (non-hydrogen) atoms. The molecule has 0 amide bonds. The van der Waals surface area contributed by atoms with E-state index < -0.39 is 0 Å². The van der Waals surface area contributed by atoms with Gasteiger partial charge in [-0.1, -0.05) is 19.1 Å². The van der Waals surface area contributed by atoms with Crippen molar-refractivity contribution in [3.63, 3.8) is 0 Å². The monoisotopic (exact) mass is 235 g/mol. The number of benzene rings is 1. The predicted octanol–water partition coefficient (Wildman–Crippen LogP) is 1.89. The summed E-state index contributed by atoms with van der Waals surface area (Å²) in [6.07, 6.45) is 0.877. The second-order valence-electron chi connectivity index (χ2n) is 4.27. The molecule has 0 heterocycles. The van der Waals surface area contributed by atoms with Gasteiger partial charge in [-0.05, 0) is 54.8 Å². The largest absolute Gasteiger partial charge is 0.330 e. The molecule has 0 fully saturated rings. The van der Waals surface area contributed by atoms with Gasteiger partial charge in [0.1, 0.15) is 0 Å². The molecule has 3 nitrogen and oxygen atoms in total. The number of hydrogen-bond acceptors (Lipinski definition) is 4. The van der Waals surface area contributed by atoms with E-state index >= 15 is 0 Å². The Morgan fingerprint density at radius 1 is 1.25 bits per heavy atom. The summed E-state index contributed by atoms with van der Waals surface area (Å²) in [7, 11) is 0. The van der Waals surface area contributed by atoms with E-state index in [9.17, 15) is 0 Å². The van der Waals surface area contributed by atoms with E-state index in [1.54, 1.807) is 0 Å². The number of nitrogens with zero attached hydrogens (tertiary/aromatic N) is 1. The highest BCUT2D eigenvalue weighted by molar-refractivity contribution is 7.78. The topological polar surface area (TPSA) is 64.4 Å². The zero-order valence-corrected chi connectivity index (χ0v) is 10.3. The van der Waals surface area contributed by atoms with Gasteiger partial charge >= 0.3 is 0 Å². The lowest BCUT2D eigenvalue weighted by Gasteiger charge is -2.26. The molecular formula is C12H17N3S. The van der Waals surface area contributed by atoms with Crippen LogP contribution in [0.25, 0.3) is 0 Å². The zero-order chi connectivity index (χ0) is 12.0. The van der Waals surface area contributed by atoms with Crippen molar-refractivity contribution in [1.82, 2.24) is 0 Å². The third-order valence-electron chi connectivity index (χ3n) is 2.73. The van der Waals surface area contributed by atoms with Gasteiger partial charge in [0, 0.05) is 0 Å². The molecule has 0 bridgehead atoms. The van der Waals surface area contributed by atoms with Crippen LogP contribution in [0.15, 0.2) is 29.3 Å². The first kappa shape index (κ1) is 13.0. The van der Waals surface area contributed by atoms with Gasteiger partial charge in [-0.25, -0.2) is 0 Å².